The molecule has 88 valence electrons. The SMILES string of the molecule is N#Cc1ccc(Oc2ccc(C(=O)O)cc2)cc1. The van der Waals surface area contributed by atoms with Gasteiger partial charge in [0, 0.05) is 0 Å². The molecule has 2 aromatic rings. The molecule has 0 aliphatic rings. The van der Waals surface area contributed by atoms with E-state index in [2.05, 4.69) is 0 Å². The van der Waals surface area contributed by atoms with Gasteiger partial charge in [0.25, 0.3) is 0 Å². The molecule has 4 nitrogen and oxygen atoms in total. The number of rotatable bonds is 3. The summed E-state index contributed by atoms with van der Waals surface area (Å²) in [6.07, 6.45) is 0. The molecular weight excluding hydrogens is 230 g/mol. The smallest absolute Gasteiger partial charge is 0.335 e. The molecule has 0 aliphatic carbocycles. The molecule has 0 radical (unpaired) electrons. The Kier molecular flexibility index (Phi) is 3.26. The van der Waals surface area contributed by atoms with Gasteiger partial charge in [0.15, 0.2) is 0 Å². The number of nitrogens with zero attached hydrogens (tertiary/aromatic N) is 1. The van der Waals surface area contributed by atoms with E-state index in [1.54, 1.807) is 36.4 Å². The Morgan fingerprint density at radius 1 is 1.00 bits per heavy atom. The minimum absolute atomic E-state index is 0.210. The molecule has 0 bridgehead atoms. The summed E-state index contributed by atoms with van der Waals surface area (Å²) in [5.74, 6) is 0.168. The van der Waals surface area contributed by atoms with E-state index < -0.39 is 5.97 Å². The van der Waals surface area contributed by atoms with Crippen molar-refractivity contribution in [3.63, 3.8) is 0 Å². The van der Waals surface area contributed by atoms with Crippen LogP contribution in [-0.4, -0.2) is 11.1 Å². The number of carboxylic acids is 1. The van der Waals surface area contributed by atoms with Gasteiger partial charge in [-0.25, -0.2) is 4.79 Å². The lowest BCUT2D eigenvalue weighted by atomic mass is 10.2. The molecule has 0 saturated heterocycles. The second-order valence-corrected chi connectivity index (χ2v) is 3.57. The van der Waals surface area contributed by atoms with E-state index in [4.69, 9.17) is 15.1 Å². The third kappa shape index (κ3) is 2.66. The number of carboxylic acid groups (broad SMARTS) is 1. The van der Waals surface area contributed by atoms with Crippen LogP contribution >= 0.6 is 0 Å². The fourth-order valence-electron chi connectivity index (χ4n) is 1.40. The van der Waals surface area contributed by atoms with Crippen molar-refractivity contribution in [1.29, 1.82) is 5.26 Å². The van der Waals surface area contributed by atoms with E-state index in [1.165, 1.54) is 12.1 Å². The Labute approximate surface area is 104 Å². The zero-order chi connectivity index (χ0) is 13.0. The number of nitriles is 1. The van der Waals surface area contributed by atoms with Gasteiger partial charge in [-0.05, 0) is 48.5 Å². The summed E-state index contributed by atoms with van der Waals surface area (Å²) in [5.41, 5.74) is 0.769. The second-order valence-electron chi connectivity index (χ2n) is 3.57. The summed E-state index contributed by atoms with van der Waals surface area (Å²) in [5, 5.41) is 17.4. The normalized spacial score (nSPS) is 9.50. The first kappa shape index (κ1) is 11.7. The van der Waals surface area contributed by atoms with Gasteiger partial charge < -0.3 is 9.84 Å². The lowest BCUT2D eigenvalue weighted by Gasteiger charge is -2.05. The van der Waals surface area contributed by atoms with Crippen LogP contribution < -0.4 is 4.74 Å². The minimum atomic E-state index is -0.972. The monoisotopic (exact) mass is 239 g/mol. The van der Waals surface area contributed by atoms with E-state index in [-0.39, 0.29) is 5.56 Å². The van der Waals surface area contributed by atoms with Crippen molar-refractivity contribution >= 4 is 5.97 Å². The molecule has 0 saturated carbocycles. The van der Waals surface area contributed by atoms with Crippen molar-refractivity contribution in [3.05, 3.63) is 59.7 Å². The summed E-state index contributed by atoms with van der Waals surface area (Å²) in [6, 6.07) is 14.8. The Morgan fingerprint density at radius 2 is 1.50 bits per heavy atom. The minimum Gasteiger partial charge on any atom is -0.478 e. The molecule has 2 rings (SSSR count). The lowest BCUT2D eigenvalue weighted by Crippen LogP contribution is -1.95. The van der Waals surface area contributed by atoms with Crippen molar-refractivity contribution < 1.29 is 14.6 Å². The van der Waals surface area contributed by atoms with Crippen molar-refractivity contribution in [1.82, 2.24) is 0 Å². The van der Waals surface area contributed by atoms with E-state index in [0.717, 1.165) is 0 Å². The highest BCUT2D eigenvalue weighted by molar-refractivity contribution is 5.87. The molecule has 0 aliphatic heterocycles. The van der Waals surface area contributed by atoms with Crippen molar-refractivity contribution in [3.8, 4) is 17.6 Å². The summed E-state index contributed by atoms with van der Waals surface area (Å²) >= 11 is 0. The van der Waals surface area contributed by atoms with Gasteiger partial charge in [-0.15, -0.1) is 0 Å². The average molecular weight is 239 g/mol. The van der Waals surface area contributed by atoms with E-state index in [0.29, 0.717) is 17.1 Å². The first-order chi connectivity index (χ1) is 8.69. The second kappa shape index (κ2) is 5.02. The maximum atomic E-state index is 10.7. The summed E-state index contributed by atoms with van der Waals surface area (Å²) in [4.78, 5) is 10.7. The highest BCUT2D eigenvalue weighted by Gasteiger charge is 2.03. The molecule has 0 atom stereocenters. The van der Waals surface area contributed by atoms with E-state index in [1.807, 2.05) is 6.07 Å². The first-order valence-electron chi connectivity index (χ1n) is 5.20. The van der Waals surface area contributed by atoms with Gasteiger partial charge in [0.2, 0.25) is 0 Å². The zero-order valence-electron chi connectivity index (χ0n) is 9.33. The maximum Gasteiger partial charge on any atom is 0.335 e. The van der Waals surface area contributed by atoms with Crippen LogP contribution in [-0.2, 0) is 0 Å². The van der Waals surface area contributed by atoms with Crippen LogP contribution in [0.3, 0.4) is 0 Å². The molecule has 0 amide bonds. The average Bonchev–Trinajstić information content (AvgIpc) is 2.40. The standard InChI is InChI=1S/C14H9NO3/c15-9-10-1-5-12(6-2-10)18-13-7-3-11(4-8-13)14(16)17/h1-8H,(H,16,17). The maximum absolute atomic E-state index is 10.7. The lowest BCUT2D eigenvalue weighted by molar-refractivity contribution is 0.0697. The first-order valence-corrected chi connectivity index (χ1v) is 5.20. The van der Waals surface area contributed by atoms with Crippen molar-refractivity contribution in [2.24, 2.45) is 0 Å². The van der Waals surface area contributed by atoms with Crippen LogP contribution in [0.4, 0.5) is 0 Å². The number of hydrogen-bond donors (Lipinski definition) is 1. The number of hydrogen-bond acceptors (Lipinski definition) is 3. The third-order valence-corrected chi connectivity index (χ3v) is 2.32. The Hall–Kier alpha value is -2.80. The predicted octanol–water partition coefficient (Wildman–Crippen LogP) is 3.05. The predicted molar refractivity (Wildman–Crippen MR) is 64.6 cm³/mol. The molecular formula is C14H9NO3. The topological polar surface area (TPSA) is 70.3 Å². The highest BCUT2D eigenvalue weighted by Crippen LogP contribution is 2.21. The van der Waals surface area contributed by atoms with Crippen LogP contribution in [0.25, 0.3) is 0 Å². The van der Waals surface area contributed by atoms with Crippen LogP contribution in [0, 0.1) is 11.3 Å². The molecule has 0 spiro atoms. The molecule has 0 unspecified atom stereocenters. The Morgan fingerprint density at radius 3 is 1.94 bits per heavy atom. The number of ether oxygens (including phenoxy) is 1. The number of benzene rings is 2. The largest absolute Gasteiger partial charge is 0.478 e. The molecule has 1 N–H and O–H groups in total. The third-order valence-electron chi connectivity index (χ3n) is 2.32. The molecule has 4 heteroatoms. The van der Waals surface area contributed by atoms with Gasteiger partial charge >= 0.3 is 5.97 Å². The van der Waals surface area contributed by atoms with Crippen LogP contribution in [0.5, 0.6) is 11.5 Å². The van der Waals surface area contributed by atoms with Crippen LogP contribution in [0.1, 0.15) is 15.9 Å². The van der Waals surface area contributed by atoms with Crippen molar-refractivity contribution in [2.45, 2.75) is 0 Å². The molecule has 18 heavy (non-hydrogen) atoms. The van der Waals surface area contributed by atoms with Gasteiger partial charge in [-0.1, -0.05) is 0 Å². The molecule has 0 fully saturated rings. The highest BCUT2D eigenvalue weighted by atomic mass is 16.5. The summed E-state index contributed by atoms with van der Waals surface area (Å²) in [7, 11) is 0. The fraction of sp³-hybridized carbons (Fsp3) is 0. The Bertz CT molecular complexity index is 594. The molecule has 0 heterocycles. The number of carbonyl (C=O) groups is 1. The Balaban J connectivity index is 2.13. The van der Waals surface area contributed by atoms with Gasteiger partial charge in [-0.3, -0.25) is 0 Å². The molecule has 2 aromatic carbocycles. The zero-order valence-corrected chi connectivity index (χ0v) is 9.33. The van der Waals surface area contributed by atoms with Crippen LogP contribution in [0.15, 0.2) is 48.5 Å². The quantitative estimate of drug-likeness (QED) is 0.893. The summed E-state index contributed by atoms with van der Waals surface area (Å²) in [6.45, 7) is 0. The fourth-order valence-corrected chi connectivity index (χ4v) is 1.40. The van der Waals surface area contributed by atoms with Gasteiger partial charge in [0.05, 0.1) is 17.2 Å². The van der Waals surface area contributed by atoms with Gasteiger partial charge in [-0.2, -0.15) is 5.26 Å². The van der Waals surface area contributed by atoms with Crippen molar-refractivity contribution in [2.75, 3.05) is 0 Å². The molecule has 0 aromatic heterocycles. The van der Waals surface area contributed by atoms with Gasteiger partial charge in [0.1, 0.15) is 11.5 Å². The van der Waals surface area contributed by atoms with Crippen LogP contribution in [0.2, 0.25) is 0 Å². The van der Waals surface area contributed by atoms with E-state index in [9.17, 15) is 4.79 Å². The number of aromatic carboxylic acids is 1. The summed E-state index contributed by atoms with van der Waals surface area (Å²) < 4.78 is 5.51. The van der Waals surface area contributed by atoms with E-state index >= 15 is 0 Å².